The lowest BCUT2D eigenvalue weighted by atomic mass is 9.72. The number of fused-ring (bicyclic) bond motifs is 1. The van der Waals surface area contributed by atoms with E-state index in [1.165, 1.54) is 35.4 Å². The van der Waals surface area contributed by atoms with Crippen molar-refractivity contribution in [2.75, 3.05) is 18.0 Å². The minimum absolute atomic E-state index is 0.314. The average Bonchev–Trinajstić information content (AvgIpc) is 3.33. The Balaban J connectivity index is 1.53. The van der Waals surface area contributed by atoms with Gasteiger partial charge in [-0.3, -0.25) is 0 Å². The molecule has 0 saturated carbocycles. The summed E-state index contributed by atoms with van der Waals surface area (Å²) >= 11 is 1.72. The Morgan fingerprint density at radius 1 is 1.18 bits per heavy atom. The zero-order chi connectivity index (χ0) is 19.7. The number of nitriles is 1. The first-order chi connectivity index (χ1) is 13.5. The maximum Gasteiger partial charge on any atom is 0.134 e. The summed E-state index contributed by atoms with van der Waals surface area (Å²) in [6.45, 7) is 9.30. The summed E-state index contributed by atoms with van der Waals surface area (Å²) in [5.41, 5.74) is 4.76. The van der Waals surface area contributed by atoms with Crippen molar-refractivity contribution in [2.45, 2.75) is 52.9 Å². The summed E-state index contributed by atoms with van der Waals surface area (Å²) in [6, 6.07) is 11.1. The molecule has 2 heterocycles. The van der Waals surface area contributed by atoms with E-state index in [2.05, 4.69) is 56.0 Å². The molecule has 28 heavy (non-hydrogen) atoms. The molecule has 0 spiro atoms. The molecule has 1 saturated heterocycles. The quantitative estimate of drug-likeness (QED) is 0.591. The van der Waals surface area contributed by atoms with Crippen molar-refractivity contribution in [3.05, 3.63) is 45.8 Å². The Morgan fingerprint density at radius 3 is 2.54 bits per heavy atom. The van der Waals surface area contributed by atoms with Crippen LogP contribution in [0.2, 0.25) is 0 Å². The first kappa shape index (κ1) is 19.2. The molecule has 1 aliphatic carbocycles. The molecular weight excluding hydrogens is 362 g/mol. The summed E-state index contributed by atoms with van der Waals surface area (Å²) in [4.78, 5) is 8.54. The Kier molecular flexibility index (Phi) is 5.29. The topological polar surface area (TPSA) is 39.4 Å². The van der Waals surface area contributed by atoms with Crippen LogP contribution in [0, 0.1) is 22.7 Å². The highest BCUT2D eigenvalue weighted by Gasteiger charge is 2.32. The van der Waals surface area contributed by atoms with Gasteiger partial charge in [0.05, 0.1) is 5.56 Å². The fraction of sp³-hybridized carbons (Fsp3) is 0.500. The van der Waals surface area contributed by atoms with Gasteiger partial charge < -0.3 is 4.90 Å². The van der Waals surface area contributed by atoms with Gasteiger partial charge in [-0.05, 0) is 66.7 Å². The molecule has 1 aromatic heterocycles. The Labute approximate surface area is 172 Å². The van der Waals surface area contributed by atoms with Crippen LogP contribution in [0.1, 0.15) is 61.6 Å². The van der Waals surface area contributed by atoms with E-state index in [9.17, 15) is 5.26 Å². The van der Waals surface area contributed by atoms with Crippen LogP contribution in [0.4, 0.5) is 10.7 Å². The lowest BCUT2D eigenvalue weighted by Gasteiger charge is -2.33. The molecule has 146 valence electrons. The van der Waals surface area contributed by atoms with Gasteiger partial charge in [-0.1, -0.05) is 32.9 Å². The van der Waals surface area contributed by atoms with Crippen molar-refractivity contribution in [3.63, 3.8) is 0 Å². The molecule has 1 aromatic carbocycles. The molecule has 3 nitrogen and oxygen atoms in total. The van der Waals surface area contributed by atoms with Crippen LogP contribution >= 0.6 is 11.3 Å². The molecule has 2 aromatic rings. The number of hydrogen-bond donors (Lipinski definition) is 0. The number of thiophene rings is 1. The number of hydrogen-bond acceptors (Lipinski definition) is 4. The molecule has 0 amide bonds. The molecule has 0 unspecified atom stereocenters. The highest BCUT2D eigenvalue weighted by Crippen LogP contribution is 2.44. The number of rotatable bonds is 3. The molecule has 0 N–H and O–H groups in total. The van der Waals surface area contributed by atoms with Crippen molar-refractivity contribution < 1.29 is 0 Å². The fourth-order valence-corrected chi connectivity index (χ4v) is 5.62. The number of anilines is 1. The minimum Gasteiger partial charge on any atom is -0.372 e. The third-order valence-electron chi connectivity index (χ3n) is 6.28. The van der Waals surface area contributed by atoms with Gasteiger partial charge in [0.2, 0.25) is 0 Å². The highest BCUT2D eigenvalue weighted by molar-refractivity contribution is 7.16. The molecule has 0 bridgehead atoms. The second-order valence-corrected chi connectivity index (χ2v) is 10.2. The monoisotopic (exact) mass is 391 g/mol. The van der Waals surface area contributed by atoms with Gasteiger partial charge in [0.15, 0.2) is 0 Å². The van der Waals surface area contributed by atoms with Crippen LogP contribution in [0.3, 0.4) is 0 Å². The van der Waals surface area contributed by atoms with E-state index in [4.69, 9.17) is 4.99 Å². The van der Waals surface area contributed by atoms with Crippen LogP contribution in [0.15, 0.2) is 29.3 Å². The number of benzene rings is 1. The molecule has 0 radical (unpaired) electrons. The minimum atomic E-state index is 0.314. The standard InChI is InChI=1S/C24H29N3S/c1-24(2,3)18-8-11-20-21(15-25)23(28-22(20)14-18)26-16-17-6-9-19(10-7-17)27-12-4-5-13-27/h6-7,9-10,16,18H,4-5,8,11-14H2,1-3H3/t18-/m0/s1. The molecule has 2 aliphatic rings. The first-order valence-electron chi connectivity index (χ1n) is 10.4. The molecule has 4 rings (SSSR count). The van der Waals surface area contributed by atoms with Gasteiger partial charge >= 0.3 is 0 Å². The lowest BCUT2D eigenvalue weighted by Crippen LogP contribution is -2.26. The first-order valence-corrected chi connectivity index (χ1v) is 11.2. The maximum atomic E-state index is 9.72. The fourth-order valence-electron chi connectivity index (χ4n) is 4.40. The highest BCUT2D eigenvalue weighted by atomic mass is 32.1. The van der Waals surface area contributed by atoms with Gasteiger partial charge in [-0.2, -0.15) is 5.26 Å². The van der Waals surface area contributed by atoms with Crippen LogP contribution < -0.4 is 4.90 Å². The second kappa shape index (κ2) is 7.72. The van der Waals surface area contributed by atoms with E-state index >= 15 is 0 Å². The van der Waals surface area contributed by atoms with Crippen LogP contribution in [0.25, 0.3) is 0 Å². The van der Waals surface area contributed by atoms with Crippen LogP contribution in [0.5, 0.6) is 0 Å². The van der Waals surface area contributed by atoms with Crippen molar-refractivity contribution in [1.29, 1.82) is 5.26 Å². The van der Waals surface area contributed by atoms with Gasteiger partial charge in [-0.15, -0.1) is 11.3 Å². The van der Waals surface area contributed by atoms with Crippen LogP contribution in [-0.2, 0) is 12.8 Å². The molecule has 1 aliphatic heterocycles. The second-order valence-electron chi connectivity index (χ2n) is 9.15. The number of nitrogens with zero attached hydrogens (tertiary/aromatic N) is 3. The van der Waals surface area contributed by atoms with E-state index in [0.29, 0.717) is 11.3 Å². The van der Waals surface area contributed by atoms with Crippen LogP contribution in [-0.4, -0.2) is 19.3 Å². The zero-order valence-corrected chi connectivity index (χ0v) is 18.0. The summed E-state index contributed by atoms with van der Waals surface area (Å²) in [5.74, 6) is 0.681. The molecule has 4 heteroatoms. The molecule has 1 atom stereocenters. The summed E-state index contributed by atoms with van der Waals surface area (Å²) in [7, 11) is 0. The van der Waals surface area contributed by atoms with E-state index in [-0.39, 0.29) is 0 Å². The Morgan fingerprint density at radius 2 is 1.89 bits per heavy atom. The zero-order valence-electron chi connectivity index (χ0n) is 17.2. The summed E-state index contributed by atoms with van der Waals surface area (Å²) in [6.07, 6.45) is 7.75. The van der Waals surface area contributed by atoms with Crippen molar-refractivity contribution >= 4 is 28.2 Å². The van der Waals surface area contributed by atoms with Crippen molar-refractivity contribution in [1.82, 2.24) is 0 Å². The van der Waals surface area contributed by atoms with Gasteiger partial charge in [0, 0.05) is 29.9 Å². The smallest absolute Gasteiger partial charge is 0.134 e. The van der Waals surface area contributed by atoms with E-state index in [1.807, 2.05) is 6.21 Å². The van der Waals surface area contributed by atoms with E-state index in [0.717, 1.165) is 42.1 Å². The van der Waals surface area contributed by atoms with Crippen molar-refractivity contribution in [3.8, 4) is 6.07 Å². The van der Waals surface area contributed by atoms with E-state index in [1.54, 1.807) is 11.3 Å². The Hall–Kier alpha value is -2.12. The number of aliphatic imine (C=N–C) groups is 1. The van der Waals surface area contributed by atoms with Crippen molar-refractivity contribution in [2.24, 2.45) is 16.3 Å². The average molecular weight is 392 g/mol. The molecule has 1 fully saturated rings. The maximum absolute atomic E-state index is 9.72. The largest absolute Gasteiger partial charge is 0.372 e. The predicted molar refractivity (Wildman–Crippen MR) is 119 cm³/mol. The van der Waals surface area contributed by atoms with Gasteiger partial charge in [0.1, 0.15) is 11.1 Å². The van der Waals surface area contributed by atoms with Gasteiger partial charge in [0.25, 0.3) is 0 Å². The predicted octanol–water partition coefficient (Wildman–Crippen LogP) is 6.12. The van der Waals surface area contributed by atoms with Gasteiger partial charge in [-0.25, -0.2) is 4.99 Å². The molecular formula is C24H29N3S. The Bertz CT molecular complexity index is 903. The lowest BCUT2D eigenvalue weighted by molar-refractivity contribution is 0.218. The summed E-state index contributed by atoms with van der Waals surface area (Å²) < 4.78 is 0. The third-order valence-corrected chi connectivity index (χ3v) is 7.44. The normalized spacial score (nSPS) is 19.8. The SMILES string of the molecule is CC(C)(C)[C@H]1CCc2c(sc(N=Cc3ccc(N4CCCC4)cc3)c2C#N)C1. The summed E-state index contributed by atoms with van der Waals surface area (Å²) in [5, 5.41) is 10.6. The van der Waals surface area contributed by atoms with E-state index < -0.39 is 0 Å². The third kappa shape index (κ3) is 3.86.